The lowest BCUT2D eigenvalue weighted by atomic mass is 10.2. The van der Waals surface area contributed by atoms with Crippen LogP contribution in [0.15, 0.2) is 12.3 Å². The summed E-state index contributed by atoms with van der Waals surface area (Å²) >= 11 is 0. The van der Waals surface area contributed by atoms with E-state index in [1.54, 1.807) is 11.9 Å². The van der Waals surface area contributed by atoms with E-state index in [9.17, 15) is 9.18 Å². The van der Waals surface area contributed by atoms with E-state index in [-0.39, 0.29) is 5.56 Å². The maximum atomic E-state index is 12.9. The van der Waals surface area contributed by atoms with Crippen LogP contribution >= 0.6 is 0 Å². The SMILES string of the molecule is CN(CC1CC1)c1ncc(F)cc1C(=O)O. The standard InChI is InChI=1S/C11H13FN2O2/c1-14(6-7-2-3-7)10-9(11(15)16)4-8(12)5-13-10/h4-5,7H,2-3,6H2,1H3,(H,15,16). The van der Waals surface area contributed by atoms with Crippen LogP contribution in [-0.2, 0) is 0 Å². The first-order chi connectivity index (χ1) is 7.58. The van der Waals surface area contributed by atoms with Crippen LogP contribution in [0.4, 0.5) is 10.2 Å². The van der Waals surface area contributed by atoms with Crippen LogP contribution in [0.2, 0.25) is 0 Å². The van der Waals surface area contributed by atoms with E-state index in [1.165, 1.54) is 12.8 Å². The van der Waals surface area contributed by atoms with E-state index in [4.69, 9.17) is 5.11 Å². The topological polar surface area (TPSA) is 53.4 Å². The Kier molecular flexibility index (Phi) is 2.77. The predicted molar refractivity (Wildman–Crippen MR) is 57.1 cm³/mol. The first-order valence-corrected chi connectivity index (χ1v) is 5.18. The van der Waals surface area contributed by atoms with Gasteiger partial charge in [0.15, 0.2) is 0 Å². The van der Waals surface area contributed by atoms with Gasteiger partial charge in [0.05, 0.1) is 6.20 Å². The van der Waals surface area contributed by atoms with Crippen molar-refractivity contribution in [1.82, 2.24) is 4.98 Å². The Morgan fingerprint density at radius 3 is 2.94 bits per heavy atom. The number of halogens is 1. The minimum atomic E-state index is -1.15. The maximum Gasteiger partial charge on any atom is 0.339 e. The fraction of sp³-hybridized carbons (Fsp3) is 0.455. The van der Waals surface area contributed by atoms with Crippen molar-refractivity contribution in [3.05, 3.63) is 23.6 Å². The largest absolute Gasteiger partial charge is 0.478 e. The molecule has 1 fully saturated rings. The number of nitrogens with zero attached hydrogens (tertiary/aromatic N) is 2. The van der Waals surface area contributed by atoms with Gasteiger partial charge < -0.3 is 10.0 Å². The molecule has 1 saturated carbocycles. The van der Waals surface area contributed by atoms with Gasteiger partial charge in [0, 0.05) is 13.6 Å². The third-order valence-corrected chi connectivity index (χ3v) is 2.65. The molecule has 0 bridgehead atoms. The van der Waals surface area contributed by atoms with Gasteiger partial charge in [-0.25, -0.2) is 14.2 Å². The minimum Gasteiger partial charge on any atom is -0.478 e. The number of aromatic nitrogens is 1. The molecule has 1 aromatic rings. The highest BCUT2D eigenvalue weighted by Gasteiger charge is 2.25. The third kappa shape index (κ3) is 2.29. The Morgan fingerprint density at radius 1 is 1.69 bits per heavy atom. The summed E-state index contributed by atoms with van der Waals surface area (Å²) in [7, 11) is 1.78. The Labute approximate surface area is 92.7 Å². The van der Waals surface area contributed by atoms with Crippen molar-refractivity contribution in [1.29, 1.82) is 0 Å². The number of carboxylic acid groups (broad SMARTS) is 1. The fourth-order valence-electron chi connectivity index (χ4n) is 1.67. The van der Waals surface area contributed by atoms with Gasteiger partial charge in [0.1, 0.15) is 17.2 Å². The molecular weight excluding hydrogens is 211 g/mol. The Morgan fingerprint density at radius 2 is 2.38 bits per heavy atom. The number of rotatable bonds is 4. The van der Waals surface area contributed by atoms with Crippen LogP contribution in [0.25, 0.3) is 0 Å². The molecule has 4 nitrogen and oxygen atoms in total. The van der Waals surface area contributed by atoms with Crippen molar-refractivity contribution in [2.24, 2.45) is 5.92 Å². The summed E-state index contributed by atoms with van der Waals surface area (Å²) in [5.41, 5.74) is -0.0804. The van der Waals surface area contributed by atoms with Gasteiger partial charge in [-0.15, -0.1) is 0 Å². The Bertz CT molecular complexity index is 418. The van der Waals surface area contributed by atoms with Crippen LogP contribution in [-0.4, -0.2) is 29.7 Å². The number of carboxylic acids is 1. The van der Waals surface area contributed by atoms with Crippen molar-refractivity contribution in [3.63, 3.8) is 0 Å². The van der Waals surface area contributed by atoms with Gasteiger partial charge in [-0.2, -0.15) is 0 Å². The van der Waals surface area contributed by atoms with Crippen LogP contribution in [0.5, 0.6) is 0 Å². The molecule has 0 aliphatic heterocycles. The summed E-state index contributed by atoms with van der Waals surface area (Å²) in [6.07, 6.45) is 3.40. The Balaban J connectivity index is 2.26. The molecule has 0 atom stereocenters. The average molecular weight is 224 g/mol. The second-order valence-corrected chi connectivity index (χ2v) is 4.15. The highest BCUT2D eigenvalue weighted by molar-refractivity contribution is 5.93. The molecule has 1 aromatic heterocycles. The second kappa shape index (κ2) is 4.08. The number of pyridine rings is 1. The summed E-state index contributed by atoms with van der Waals surface area (Å²) in [6, 6.07) is 1.01. The summed E-state index contributed by atoms with van der Waals surface area (Å²) < 4.78 is 12.9. The van der Waals surface area contributed by atoms with E-state index >= 15 is 0 Å². The van der Waals surface area contributed by atoms with E-state index in [2.05, 4.69) is 4.98 Å². The molecule has 1 aliphatic rings. The predicted octanol–water partition coefficient (Wildman–Crippen LogP) is 1.77. The summed E-state index contributed by atoms with van der Waals surface area (Å²) in [5, 5.41) is 8.96. The normalized spacial score (nSPS) is 14.9. The number of hydrogen-bond acceptors (Lipinski definition) is 3. The van der Waals surface area contributed by atoms with Gasteiger partial charge in [-0.1, -0.05) is 0 Å². The monoisotopic (exact) mass is 224 g/mol. The van der Waals surface area contributed by atoms with Crippen LogP contribution in [0.1, 0.15) is 23.2 Å². The molecule has 16 heavy (non-hydrogen) atoms. The lowest BCUT2D eigenvalue weighted by molar-refractivity contribution is 0.0696. The van der Waals surface area contributed by atoms with Gasteiger partial charge in [-0.05, 0) is 24.8 Å². The highest BCUT2D eigenvalue weighted by Crippen LogP contribution is 2.31. The van der Waals surface area contributed by atoms with Crippen molar-refractivity contribution in [3.8, 4) is 0 Å². The fourth-order valence-corrected chi connectivity index (χ4v) is 1.67. The molecule has 0 saturated heterocycles. The number of carbonyl (C=O) groups is 1. The Hall–Kier alpha value is -1.65. The van der Waals surface area contributed by atoms with Crippen LogP contribution in [0, 0.1) is 11.7 Å². The molecule has 0 radical (unpaired) electrons. The van der Waals surface area contributed by atoms with Gasteiger partial charge in [0.2, 0.25) is 0 Å². The van der Waals surface area contributed by atoms with Gasteiger partial charge in [0.25, 0.3) is 0 Å². The molecule has 5 heteroatoms. The first-order valence-electron chi connectivity index (χ1n) is 5.18. The second-order valence-electron chi connectivity index (χ2n) is 4.15. The van der Waals surface area contributed by atoms with Crippen molar-refractivity contribution in [2.45, 2.75) is 12.8 Å². The molecular formula is C11H13FN2O2. The molecule has 1 N–H and O–H groups in total. The zero-order chi connectivity index (χ0) is 11.7. The van der Waals surface area contributed by atoms with Crippen LogP contribution in [0.3, 0.4) is 0 Å². The molecule has 2 rings (SSSR count). The van der Waals surface area contributed by atoms with Crippen LogP contribution < -0.4 is 4.90 Å². The quantitative estimate of drug-likeness (QED) is 0.846. The molecule has 86 valence electrons. The summed E-state index contributed by atoms with van der Waals surface area (Å²) in [5.74, 6) is -0.815. The van der Waals surface area contributed by atoms with Crippen molar-refractivity contribution < 1.29 is 14.3 Å². The third-order valence-electron chi connectivity index (χ3n) is 2.65. The molecule has 1 heterocycles. The molecule has 0 spiro atoms. The minimum absolute atomic E-state index is 0.0804. The van der Waals surface area contributed by atoms with E-state index in [0.29, 0.717) is 11.7 Å². The molecule has 0 amide bonds. The smallest absolute Gasteiger partial charge is 0.339 e. The van der Waals surface area contributed by atoms with Gasteiger partial charge in [-0.3, -0.25) is 0 Å². The summed E-state index contributed by atoms with van der Waals surface area (Å²) in [4.78, 5) is 16.6. The van der Waals surface area contributed by atoms with Crippen molar-refractivity contribution in [2.75, 3.05) is 18.5 Å². The average Bonchev–Trinajstić information content (AvgIpc) is 3.01. The first kappa shape index (κ1) is 10.9. The summed E-state index contributed by atoms with van der Waals surface area (Å²) in [6.45, 7) is 0.777. The number of aromatic carboxylic acids is 1. The zero-order valence-electron chi connectivity index (χ0n) is 8.98. The number of anilines is 1. The van der Waals surface area contributed by atoms with E-state index in [0.717, 1.165) is 18.8 Å². The molecule has 1 aliphatic carbocycles. The maximum absolute atomic E-state index is 12.9. The van der Waals surface area contributed by atoms with E-state index < -0.39 is 11.8 Å². The molecule has 0 aromatic carbocycles. The van der Waals surface area contributed by atoms with E-state index in [1.807, 2.05) is 0 Å². The highest BCUT2D eigenvalue weighted by atomic mass is 19.1. The lowest BCUT2D eigenvalue weighted by Gasteiger charge is -2.19. The zero-order valence-corrected chi connectivity index (χ0v) is 8.98. The van der Waals surface area contributed by atoms with Crippen molar-refractivity contribution >= 4 is 11.8 Å². The van der Waals surface area contributed by atoms with Gasteiger partial charge >= 0.3 is 5.97 Å². The molecule has 0 unspecified atom stereocenters. The lowest BCUT2D eigenvalue weighted by Crippen LogP contribution is -2.23. The number of hydrogen-bond donors (Lipinski definition) is 1.